The van der Waals surface area contributed by atoms with Crippen molar-refractivity contribution in [3.63, 3.8) is 0 Å². The first-order valence-electron chi connectivity index (χ1n) is 8.64. The van der Waals surface area contributed by atoms with Crippen LogP contribution in [-0.4, -0.2) is 6.54 Å². The van der Waals surface area contributed by atoms with Crippen LogP contribution in [0.2, 0.25) is 0 Å². The maximum absolute atomic E-state index is 13.5. The number of hydrogen-bond acceptors (Lipinski definition) is 1. The van der Waals surface area contributed by atoms with Crippen LogP contribution in [0.1, 0.15) is 82.4 Å². The standard InChI is InChI=1S/C19H32FN/c1-4-5-6-7-8-9-10-11-14-21-17(3)18-13-12-16(2)19(20)15-18/h12-13,15,17,21H,4-11,14H2,1-3H3. The predicted octanol–water partition coefficient (Wildman–Crippen LogP) is 5.93. The van der Waals surface area contributed by atoms with Crippen molar-refractivity contribution < 1.29 is 4.39 Å². The maximum Gasteiger partial charge on any atom is 0.126 e. The van der Waals surface area contributed by atoms with Gasteiger partial charge in [-0.15, -0.1) is 0 Å². The van der Waals surface area contributed by atoms with Crippen LogP contribution in [0.25, 0.3) is 0 Å². The highest BCUT2D eigenvalue weighted by Gasteiger charge is 2.06. The monoisotopic (exact) mass is 293 g/mol. The molecule has 0 saturated heterocycles. The van der Waals surface area contributed by atoms with Crippen LogP contribution in [0.15, 0.2) is 18.2 Å². The molecule has 0 amide bonds. The number of unbranched alkanes of at least 4 members (excludes halogenated alkanes) is 7. The van der Waals surface area contributed by atoms with Crippen molar-refractivity contribution in [1.29, 1.82) is 0 Å². The lowest BCUT2D eigenvalue weighted by Gasteiger charge is -2.14. The first-order valence-corrected chi connectivity index (χ1v) is 8.64. The lowest BCUT2D eigenvalue weighted by Crippen LogP contribution is -2.20. The molecule has 0 saturated carbocycles. The summed E-state index contributed by atoms with van der Waals surface area (Å²) in [5, 5.41) is 3.49. The Kier molecular flexibility index (Phi) is 9.32. The zero-order chi connectivity index (χ0) is 15.5. The molecule has 21 heavy (non-hydrogen) atoms. The zero-order valence-electron chi connectivity index (χ0n) is 14.1. The molecule has 1 nitrogen and oxygen atoms in total. The van der Waals surface area contributed by atoms with Crippen molar-refractivity contribution in [3.05, 3.63) is 35.1 Å². The normalized spacial score (nSPS) is 12.6. The molecule has 0 aliphatic rings. The van der Waals surface area contributed by atoms with Crippen molar-refractivity contribution in [1.82, 2.24) is 5.32 Å². The summed E-state index contributed by atoms with van der Waals surface area (Å²) >= 11 is 0. The molecule has 0 fully saturated rings. The summed E-state index contributed by atoms with van der Waals surface area (Å²) in [4.78, 5) is 0. The summed E-state index contributed by atoms with van der Waals surface area (Å²) in [5.74, 6) is -0.103. The Hall–Kier alpha value is -0.890. The number of halogens is 1. The first-order chi connectivity index (χ1) is 10.1. The summed E-state index contributed by atoms with van der Waals surface area (Å²) < 4.78 is 13.5. The Morgan fingerprint density at radius 2 is 1.62 bits per heavy atom. The molecule has 1 aromatic carbocycles. The number of benzene rings is 1. The smallest absolute Gasteiger partial charge is 0.126 e. The van der Waals surface area contributed by atoms with Gasteiger partial charge < -0.3 is 5.32 Å². The molecule has 2 heteroatoms. The van der Waals surface area contributed by atoms with Gasteiger partial charge in [0.1, 0.15) is 5.82 Å². The van der Waals surface area contributed by atoms with Gasteiger partial charge in [-0.05, 0) is 44.0 Å². The largest absolute Gasteiger partial charge is 0.310 e. The molecule has 0 aliphatic heterocycles. The van der Waals surface area contributed by atoms with E-state index in [2.05, 4.69) is 19.2 Å². The van der Waals surface area contributed by atoms with Crippen LogP contribution in [0, 0.1) is 12.7 Å². The third-order valence-electron chi connectivity index (χ3n) is 4.18. The van der Waals surface area contributed by atoms with E-state index >= 15 is 0 Å². The van der Waals surface area contributed by atoms with Crippen LogP contribution in [0.5, 0.6) is 0 Å². The second-order valence-electron chi connectivity index (χ2n) is 6.16. The summed E-state index contributed by atoms with van der Waals surface area (Å²) in [6.07, 6.45) is 10.7. The molecule has 1 rings (SSSR count). The third-order valence-corrected chi connectivity index (χ3v) is 4.18. The van der Waals surface area contributed by atoms with Crippen LogP contribution in [0.3, 0.4) is 0 Å². The van der Waals surface area contributed by atoms with Gasteiger partial charge in [-0.2, -0.15) is 0 Å². The fourth-order valence-electron chi connectivity index (χ4n) is 2.57. The van der Waals surface area contributed by atoms with Gasteiger partial charge in [0.2, 0.25) is 0 Å². The van der Waals surface area contributed by atoms with Gasteiger partial charge in [-0.1, -0.05) is 64.0 Å². The van der Waals surface area contributed by atoms with Crippen LogP contribution >= 0.6 is 0 Å². The highest BCUT2D eigenvalue weighted by atomic mass is 19.1. The molecule has 0 bridgehead atoms. The minimum absolute atomic E-state index is 0.103. The average molecular weight is 293 g/mol. The van der Waals surface area contributed by atoms with Crippen molar-refractivity contribution in [3.8, 4) is 0 Å². The first kappa shape index (κ1) is 18.2. The third kappa shape index (κ3) is 7.61. The van der Waals surface area contributed by atoms with Crippen molar-refractivity contribution in [2.75, 3.05) is 6.54 Å². The minimum atomic E-state index is -0.103. The highest BCUT2D eigenvalue weighted by Crippen LogP contribution is 2.16. The zero-order valence-corrected chi connectivity index (χ0v) is 14.1. The Labute approximate surface area is 130 Å². The van der Waals surface area contributed by atoms with E-state index in [9.17, 15) is 4.39 Å². The number of hydrogen-bond donors (Lipinski definition) is 1. The summed E-state index contributed by atoms with van der Waals surface area (Å²) in [6.45, 7) is 7.19. The maximum atomic E-state index is 13.5. The topological polar surface area (TPSA) is 12.0 Å². The number of rotatable bonds is 11. The summed E-state index contributed by atoms with van der Waals surface area (Å²) in [5.41, 5.74) is 1.76. The second-order valence-corrected chi connectivity index (χ2v) is 6.16. The summed E-state index contributed by atoms with van der Waals surface area (Å²) in [6, 6.07) is 5.76. The summed E-state index contributed by atoms with van der Waals surface area (Å²) in [7, 11) is 0. The lowest BCUT2D eigenvalue weighted by atomic mass is 10.1. The van der Waals surface area contributed by atoms with Crippen molar-refractivity contribution in [2.45, 2.75) is 78.2 Å². The lowest BCUT2D eigenvalue weighted by molar-refractivity contribution is 0.519. The van der Waals surface area contributed by atoms with Crippen LogP contribution in [-0.2, 0) is 0 Å². The van der Waals surface area contributed by atoms with Gasteiger partial charge >= 0.3 is 0 Å². The molecular formula is C19H32FN. The molecule has 0 radical (unpaired) electrons. The number of nitrogens with one attached hydrogen (secondary N) is 1. The molecule has 1 atom stereocenters. The van der Waals surface area contributed by atoms with E-state index in [0.717, 1.165) is 12.1 Å². The molecular weight excluding hydrogens is 261 g/mol. The van der Waals surface area contributed by atoms with E-state index in [4.69, 9.17) is 0 Å². The Morgan fingerprint density at radius 1 is 1.00 bits per heavy atom. The fraction of sp³-hybridized carbons (Fsp3) is 0.684. The second kappa shape index (κ2) is 10.8. The van der Waals surface area contributed by atoms with Gasteiger partial charge in [0.25, 0.3) is 0 Å². The van der Waals surface area contributed by atoms with Gasteiger partial charge in [0.15, 0.2) is 0 Å². The van der Waals surface area contributed by atoms with Gasteiger partial charge in [-0.3, -0.25) is 0 Å². The van der Waals surface area contributed by atoms with Gasteiger partial charge in [0, 0.05) is 6.04 Å². The molecule has 1 aromatic rings. The van der Waals surface area contributed by atoms with E-state index in [0.29, 0.717) is 5.56 Å². The van der Waals surface area contributed by atoms with Gasteiger partial charge in [0.05, 0.1) is 0 Å². The molecule has 0 spiro atoms. The average Bonchev–Trinajstić information content (AvgIpc) is 2.48. The van der Waals surface area contributed by atoms with E-state index in [1.165, 1.54) is 51.4 Å². The van der Waals surface area contributed by atoms with E-state index in [1.54, 1.807) is 13.0 Å². The number of aryl methyl sites for hydroxylation is 1. The quantitative estimate of drug-likeness (QED) is 0.499. The molecule has 1 N–H and O–H groups in total. The Balaban J connectivity index is 2.08. The Bertz CT molecular complexity index is 389. The molecule has 0 aromatic heterocycles. The van der Waals surface area contributed by atoms with Crippen molar-refractivity contribution in [2.24, 2.45) is 0 Å². The van der Waals surface area contributed by atoms with E-state index < -0.39 is 0 Å². The van der Waals surface area contributed by atoms with Crippen molar-refractivity contribution >= 4 is 0 Å². The SMILES string of the molecule is CCCCCCCCCCNC(C)c1ccc(C)c(F)c1. The molecule has 0 heterocycles. The predicted molar refractivity (Wildman–Crippen MR) is 90.2 cm³/mol. The molecule has 1 unspecified atom stereocenters. The van der Waals surface area contributed by atoms with Crippen LogP contribution in [0.4, 0.5) is 4.39 Å². The van der Waals surface area contributed by atoms with Gasteiger partial charge in [-0.25, -0.2) is 4.39 Å². The molecule has 120 valence electrons. The van der Waals surface area contributed by atoms with Crippen LogP contribution < -0.4 is 5.32 Å². The minimum Gasteiger partial charge on any atom is -0.310 e. The fourth-order valence-corrected chi connectivity index (χ4v) is 2.57. The Morgan fingerprint density at radius 3 is 2.24 bits per heavy atom. The van der Waals surface area contributed by atoms with E-state index in [-0.39, 0.29) is 11.9 Å². The highest BCUT2D eigenvalue weighted by molar-refractivity contribution is 5.25. The van der Waals surface area contributed by atoms with E-state index in [1.807, 2.05) is 12.1 Å². The molecule has 0 aliphatic carbocycles.